The Kier molecular flexibility index (Phi) is 7.17. The molecule has 0 aliphatic rings. The zero-order chi connectivity index (χ0) is 19.3. The molecule has 0 bridgehead atoms. The van der Waals surface area contributed by atoms with Crippen LogP contribution in [0.3, 0.4) is 0 Å². The smallest absolute Gasteiger partial charge is 0.338 e. The van der Waals surface area contributed by atoms with E-state index < -0.39 is 11.8 Å². The highest BCUT2D eigenvalue weighted by atomic mass is 79.9. The van der Waals surface area contributed by atoms with Crippen LogP contribution in [0.1, 0.15) is 28.4 Å². The molecule has 0 heterocycles. The summed E-state index contributed by atoms with van der Waals surface area (Å²) in [6.45, 7) is 4.65. The van der Waals surface area contributed by atoms with E-state index in [-0.39, 0.29) is 11.6 Å². The number of hydrogen-bond acceptors (Lipinski definition) is 3. The van der Waals surface area contributed by atoms with Gasteiger partial charge < -0.3 is 9.64 Å². The summed E-state index contributed by atoms with van der Waals surface area (Å²) in [7, 11) is 1.93. The van der Waals surface area contributed by atoms with Crippen molar-refractivity contribution in [2.75, 3.05) is 13.6 Å². The molecule has 0 amide bonds. The number of carbonyl (C=O) groups is 1. The van der Waals surface area contributed by atoms with Crippen molar-refractivity contribution < 1.29 is 13.9 Å². The molecule has 138 valence electrons. The Labute approximate surface area is 165 Å². The molecular formula is C19H19BrClFN2O2. The normalized spacial score (nSPS) is 11.0. The van der Waals surface area contributed by atoms with Crippen molar-refractivity contribution in [1.29, 1.82) is 0 Å². The third kappa shape index (κ3) is 5.29. The molecule has 0 spiro atoms. The SMILES string of the molecule is CCN(C)/C=N/c1cc(C)c(C(=O)OCc2ccc(F)cc2Cl)cc1Br. The molecule has 2 rings (SSSR count). The second kappa shape index (κ2) is 9.14. The van der Waals surface area contributed by atoms with Crippen molar-refractivity contribution in [3.8, 4) is 0 Å². The average molecular weight is 442 g/mol. The number of nitrogens with zero attached hydrogens (tertiary/aromatic N) is 2. The van der Waals surface area contributed by atoms with E-state index in [0.29, 0.717) is 15.6 Å². The lowest BCUT2D eigenvalue weighted by molar-refractivity contribution is 0.0472. The van der Waals surface area contributed by atoms with Gasteiger partial charge in [0.2, 0.25) is 0 Å². The number of halogens is 3. The fourth-order valence-electron chi connectivity index (χ4n) is 2.09. The fourth-order valence-corrected chi connectivity index (χ4v) is 2.75. The summed E-state index contributed by atoms with van der Waals surface area (Å²) < 4.78 is 19.1. The van der Waals surface area contributed by atoms with Crippen LogP contribution < -0.4 is 0 Å². The second-order valence-electron chi connectivity index (χ2n) is 5.75. The quantitative estimate of drug-likeness (QED) is 0.337. The lowest BCUT2D eigenvalue weighted by Gasteiger charge is -2.11. The van der Waals surface area contributed by atoms with E-state index in [0.717, 1.165) is 17.8 Å². The Hall–Kier alpha value is -1.92. The molecule has 0 saturated heterocycles. The van der Waals surface area contributed by atoms with Gasteiger partial charge in [0.05, 0.1) is 22.6 Å². The number of hydrogen-bond donors (Lipinski definition) is 0. The first-order chi connectivity index (χ1) is 12.3. The van der Waals surface area contributed by atoms with Crippen LogP contribution in [-0.2, 0) is 11.3 Å². The summed E-state index contributed by atoms with van der Waals surface area (Å²) in [5.41, 5.74) is 2.44. The van der Waals surface area contributed by atoms with Gasteiger partial charge in [-0.05, 0) is 59.6 Å². The number of benzene rings is 2. The molecular weight excluding hydrogens is 423 g/mol. The fraction of sp³-hybridized carbons (Fsp3) is 0.263. The molecule has 26 heavy (non-hydrogen) atoms. The van der Waals surface area contributed by atoms with Crippen LogP contribution in [0.5, 0.6) is 0 Å². The predicted molar refractivity (Wildman–Crippen MR) is 106 cm³/mol. The van der Waals surface area contributed by atoms with Gasteiger partial charge in [-0.25, -0.2) is 14.2 Å². The minimum absolute atomic E-state index is 0.0315. The number of ether oxygens (including phenoxy) is 1. The van der Waals surface area contributed by atoms with Crippen molar-refractivity contribution >= 4 is 45.5 Å². The number of rotatable bonds is 6. The van der Waals surface area contributed by atoms with Crippen molar-refractivity contribution in [3.05, 3.63) is 62.3 Å². The van der Waals surface area contributed by atoms with Crippen LogP contribution in [-0.4, -0.2) is 30.8 Å². The zero-order valence-corrected chi connectivity index (χ0v) is 17.1. The van der Waals surface area contributed by atoms with E-state index in [4.69, 9.17) is 16.3 Å². The molecule has 0 aromatic heterocycles. The van der Waals surface area contributed by atoms with E-state index in [1.165, 1.54) is 18.2 Å². The molecule has 0 radical (unpaired) electrons. The summed E-state index contributed by atoms with van der Waals surface area (Å²) in [6, 6.07) is 7.45. The molecule has 0 fully saturated rings. The Balaban J connectivity index is 2.13. The molecule has 7 heteroatoms. The first-order valence-corrected chi connectivity index (χ1v) is 9.14. The van der Waals surface area contributed by atoms with Crippen molar-refractivity contribution in [3.63, 3.8) is 0 Å². The largest absolute Gasteiger partial charge is 0.457 e. The Bertz CT molecular complexity index is 843. The van der Waals surface area contributed by atoms with E-state index in [1.807, 2.05) is 31.9 Å². The lowest BCUT2D eigenvalue weighted by atomic mass is 10.1. The summed E-state index contributed by atoms with van der Waals surface area (Å²) in [5.74, 6) is -0.917. The first-order valence-electron chi connectivity index (χ1n) is 7.97. The number of esters is 1. The highest BCUT2D eigenvalue weighted by molar-refractivity contribution is 9.10. The Morgan fingerprint density at radius 1 is 1.38 bits per heavy atom. The van der Waals surface area contributed by atoms with Gasteiger partial charge in [-0.15, -0.1) is 0 Å². The van der Waals surface area contributed by atoms with Crippen molar-refractivity contribution in [2.45, 2.75) is 20.5 Å². The van der Waals surface area contributed by atoms with Gasteiger partial charge in [0, 0.05) is 23.6 Å². The zero-order valence-electron chi connectivity index (χ0n) is 14.7. The maximum atomic E-state index is 13.1. The van der Waals surface area contributed by atoms with Crippen LogP contribution in [0.4, 0.5) is 10.1 Å². The van der Waals surface area contributed by atoms with Crippen LogP contribution >= 0.6 is 27.5 Å². The van der Waals surface area contributed by atoms with Crippen molar-refractivity contribution in [1.82, 2.24) is 4.90 Å². The third-order valence-electron chi connectivity index (χ3n) is 3.78. The van der Waals surface area contributed by atoms with Crippen LogP contribution in [0, 0.1) is 12.7 Å². The third-order valence-corrected chi connectivity index (χ3v) is 4.77. The van der Waals surface area contributed by atoms with Gasteiger partial charge >= 0.3 is 5.97 Å². The van der Waals surface area contributed by atoms with Gasteiger partial charge in [-0.3, -0.25) is 0 Å². The van der Waals surface area contributed by atoms with Gasteiger partial charge in [0.15, 0.2) is 0 Å². The molecule has 2 aromatic carbocycles. The average Bonchev–Trinajstić information content (AvgIpc) is 2.60. The van der Waals surface area contributed by atoms with Gasteiger partial charge in [0.1, 0.15) is 12.4 Å². The summed E-state index contributed by atoms with van der Waals surface area (Å²) in [6.07, 6.45) is 1.73. The van der Waals surface area contributed by atoms with E-state index in [1.54, 1.807) is 12.4 Å². The molecule has 0 atom stereocenters. The highest BCUT2D eigenvalue weighted by Crippen LogP contribution is 2.29. The van der Waals surface area contributed by atoms with E-state index in [2.05, 4.69) is 20.9 Å². The van der Waals surface area contributed by atoms with Crippen LogP contribution in [0.15, 0.2) is 39.8 Å². The number of aliphatic imine (C=N–C) groups is 1. The number of carbonyl (C=O) groups excluding carboxylic acids is 1. The van der Waals surface area contributed by atoms with E-state index >= 15 is 0 Å². The molecule has 4 nitrogen and oxygen atoms in total. The summed E-state index contributed by atoms with van der Waals surface area (Å²) >= 11 is 9.38. The van der Waals surface area contributed by atoms with Crippen molar-refractivity contribution in [2.24, 2.45) is 4.99 Å². The summed E-state index contributed by atoms with van der Waals surface area (Å²) in [4.78, 5) is 18.7. The Morgan fingerprint density at radius 3 is 2.77 bits per heavy atom. The van der Waals surface area contributed by atoms with Gasteiger partial charge in [-0.1, -0.05) is 17.7 Å². The topological polar surface area (TPSA) is 41.9 Å². The molecule has 0 aliphatic heterocycles. The lowest BCUT2D eigenvalue weighted by Crippen LogP contribution is -2.14. The Morgan fingerprint density at radius 2 is 2.12 bits per heavy atom. The highest BCUT2D eigenvalue weighted by Gasteiger charge is 2.15. The minimum Gasteiger partial charge on any atom is -0.457 e. The number of aryl methyl sites for hydroxylation is 1. The second-order valence-corrected chi connectivity index (χ2v) is 7.01. The van der Waals surface area contributed by atoms with Gasteiger partial charge in [-0.2, -0.15) is 0 Å². The molecule has 0 unspecified atom stereocenters. The molecule has 2 aromatic rings. The molecule has 0 saturated carbocycles. The van der Waals surface area contributed by atoms with Crippen LogP contribution in [0.2, 0.25) is 5.02 Å². The standard InChI is InChI=1S/C19H19BrClFN2O2/c1-4-24(3)11-23-18-7-12(2)15(9-16(18)20)19(25)26-10-13-5-6-14(22)8-17(13)21/h5-9,11H,4,10H2,1-3H3/b23-11+. The maximum absolute atomic E-state index is 13.1. The van der Waals surface area contributed by atoms with E-state index in [9.17, 15) is 9.18 Å². The predicted octanol–water partition coefficient (Wildman–Crippen LogP) is 5.52. The summed E-state index contributed by atoms with van der Waals surface area (Å²) in [5, 5.41) is 0.223. The monoisotopic (exact) mass is 440 g/mol. The maximum Gasteiger partial charge on any atom is 0.338 e. The minimum atomic E-state index is -0.482. The first kappa shape index (κ1) is 20.4. The molecule has 0 N–H and O–H groups in total. The van der Waals surface area contributed by atoms with Crippen LogP contribution in [0.25, 0.3) is 0 Å². The van der Waals surface area contributed by atoms with Gasteiger partial charge in [0.25, 0.3) is 0 Å². The molecule has 0 aliphatic carbocycles.